The molecule has 0 radical (unpaired) electrons. The van der Waals surface area contributed by atoms with Gasteiger partial charge < -0.3 is 14.8 Å². The molecule has 0 spiro atoms. The van der Waals surface area contributed by atoms with Gasteiger partial charge in [0.1, 0.15) is 6.04 Å². The molecule has 1 amide bonds. The second-order valence-corrected chi connectivity index (χ2v) is 4.60. The van der Waals surface area contributed by atoms with Crippen LogP contribution < -0.4 is 5.32 Å². The lowest BCUT2D eigenvalue weighted by molar-refractivity contribution is -0.140. The van der Waals surface area contributed by atoms with Crippen LogP contribution in [0.25, 0.3) is 0 Å². The number of ether oxygens (including phenoxy) is 2. The zero-order chi connectivity index (χ0) is 14.1. The van der Waals surface area contributed by atoms with Gasteiger partial charge in [0.15, 0.2) is 0 Å². The van der Waals surface area contributed by atoms with Gasteiger partial charge in [0, 0.05) is 19.5 Å². The highest BCUT2D eigenvalue weighted by Crippen LogP contribution is 2.09. The summed E-state index contributed by atoms with van der Waals surface area (Å²) in [6.07, 6.45) is 2.00. The molecule has 1 aliphatic heterocycles. The molecule has 110 valence electrons. The molecule has 0 aliphatic carbocycles. The van der Waals surface area contributed by atoms with Gasteiger partial charge in [0.05, 0.1) is 20.3 Å². The molecule has 0 aromatic carbocycles. The van der Waals surface area contributed by atoms with Crippen LogP contribution in [0.2, 0.25) is 0 Å². The Morgan fingerprint density at radius 3 is 2.95 bits per heavy atom. The van der Waals surface area contributed by atoms with Gasteiger partial charge >= 0.3 is 5.97 Å². The maximum Gasteiger partial charge on any atom is 0.305 e. The third kappa shape index (κ3) is 5.57. The van der Waals surface area contributed by atoms with E-state index < -0.39 is 0 Å². The molecule has 6 heteroatoms. The minimum Gasteiger partial charge on any atom is -0.469 e. The van der Waals surface area contributed by atoms with Crippen molar-refractivity contribution in [2.24, 2.45) is 0 Å². The van der Waals surface area contributed by atoms with Gasteiger partial charge in [-0.3, -0.25) is 14.5 Å². The summed E-state index contributed by atoms with van der Waals surface area (Å²) in [4.78, 5) is 25.1. The summed E-state index contributed by atoms with van der Waals surface area (Å²) >= 11 is 0. The Balaban J connectivity index is 2.39. The van der Waals surface area contributed by atoms with Crippen LogP contribution in [0.1, 0.15) is 26.2 Å². The molecule has 1 saturated heterocycles. The lowest BCUT2D eigenvalue weighted by Gasteiger charge is -2.34. The Bertz CT molecular complexity index is 296. The second kappa shape index (κ2) is 8.87. The Morgan fingerprint density at radius 1 is 1.47 bits per heavy atom. The molecule has 0 saturated carbocycles. The van der Waals surface area contributed by atoms with Gasteiger partial charge in [-0.05, 0) is 19.4 Å². The van der Waals surface area contributed by atoms with Crippen molar-refractivity contribution in [1.82, 2.24) is 10.2 Å². The van der Waals surface area contributed by atoms with E-state index in [1.54, 1.807) is 0 Å². The van der Waals surface area contributed by atoms with Crippen molar-refractivity contribution in [3.05, 3.63) is 0 Å². The summed E-state index contributed by atoms with van der Waals surface area (Å²) in [6, 6.07) is -0.238. The molecule has 6 nitrogen and oxygen atoms in total. The van der Waals surface area contributed by atoms with Crippen molar-refractivity contribution < 1.29 is 19.1 Å². The fourth-order valence-electron chi connectivity index (χ4n) is 2.04. The van der Waals surface area contributed by atoms with Crippen molar-refractivity contribution in [3.8, 4) is 0 Å². The highest BCUT2D eigenvalue weighted by Gasteiger charge is 2.28. The van der Waals surface area contributed by atoms with Crippen molar-refractivity contribution in [2.75, 3.05) is 40.0 Å². The number of rotatable bonds is 7. The van der Waals surface area contributed by atoms with Gasteiger partial charge in [-0.25, -0.2) is 0 Å². The summed E-state index contributed by atoms with van der Waals surface area (Å²) in [6.45, 7) is 5.20. The molecule has 1 N–H and O–H groups in total. The lowest BCUT2D eigenvalue weighted by Crippen LogP contribution is -2.54. The fourth-order valence-corrected chi connectivity index (χ4v) is 2.04. The molecule has 1 rings (SSSR count). The molecule has 1 atom stereocenters. The molecule has 1 heterocycles. The second-order valence-electron chi connectivity index (χ2n) is 4.60. The van der Waals surface area contributed by atoms with Crippen molar-refractivity contribution in [3.63, 3.8) is 0 Å². The van der Waals surface area contributed by atoms with Gasteiger partial charge in [-0.2, -0.15) is 0 Å². The van der Waals surface area contributed by atoms with Crippen LogP contribution in [0.15, 0.2) is 0 Å². The van der Waals surface area contributed by atoms with Crippen LogP contribution in [0, 0.1) is 0 Å². The van der Waals surface area contributed by atoms with Crippen LogP contribution in [-0.2, 0) is 19.1 Å². The van der Waals surface area contributed by atoms with Crippen LogP contribution in [0.5, 0.6) is 0 Å². The lowest BCUT2D eigenvalue weighted by atomic mass is 10.2. The first kappa shape index (κ1) is 15.9. The van der Waals surface area contributed by atoms with Crippen LogP contribution in [-0.4, -0.2) is 62.8 Å². The van der Waals surface area contributed by atoms with E-state index >= 15 is 0 Å². The largest absolute Gasteiger partial charge is 0.469 e. The number of esters is 1. The van der Waals surface area contributed by atoms with E-state index in [2.05, 4.69) is 15.0 Å². The van der Waals surface area contributed by atoms with Gasteiger partial charge in [-0.1, -0.05) is 6.92 Å². The SMILES string of the molecule is CCCNC(=O)C1COCCN1CCCC(=O)OC. The molecule has 0 bridgehead atoms. The highest BCUT2D eigenvalue weighted by molar-refractivity contribution is 5.82. The number of methoxy groups -OCH3 is 1. The zero-order valence-corrected chi connectivity index (χ0v) is 11.8. The van der Waals surface area contributed by atoms with Crippen LogP contribution in [0.3, 0.4) is 0 Å². The predicted octanol–water partition coefficient (Wildman–Crippen LogP) is 0.167. The first-order chi connectivity index (χ1) is 9.19. The average Bonchev–Trinajstić information content (AvgIpc) is 2.45. The molecule has 0 aromatic rings. The number of hydrogen-bond donors (Lipinski definition) is 1. The van der Waals surface area contributed by atoms with E-state index in [0.29, 0.717) is 39.1 Å². The van der Waals surface area contributed by atoms with E-state index in [1.807, 2.05) is 6.92 Å². The number of amides is 1. The Hall–Kier alpha value is -1.14. The van der Waals surface area contributed by atoms with Gasteiger partial charge in [0.25, 0.3) is 0 Å². The summed E-state index contributed by atoms with van der Waals surface area (Å²) in [5.41, 5.74) is 0. The summed E-state index contributed by atoms with van der Waals surface area (Å²) < 4.78 is 9.97. The Morgan fingerprint density at radius 2 is 2.26 bits per heavy atom. The van der Waals surface area contributed by atoms with Crippen molar-refractivity contribution in [2.45, 2.75) is 32.2 Å². The third-order valence-corrected chi connectivity index (χ3v) is 3.15. The predicted molar refractivity (Wildman–Crippen MR) is 70.7 cm³/mol. The Kier molecular flexibility index (Phi) is 7.43. The standard InChI is InChI=1S/C13H24N2O4/c1-3-6-14-13(17)11-10-19-9-8-15(11)7-4-5-12(16)18-2/h11H,3-10H2,1-2H3,(H,14,17). The smallest absolute Gasteiger partial charge is 0.305 e. The van der Waals surface area contributed by atoms with Gasteiger partial charge in [-0.15, -0.1) is 0 Å². The van der Waals surface area contributed by atoms with Crippen molar-refractivity contribution in [1.29, 1.82) is 0 Å². The summed E-state index contributed by atoms with van der Waals surface area (Å²) in [7, 11) is 1.39. The number of nitrogens with zero attached hydrogens (tertiary/aromatic N) is 1. The van der Waals surface area contributed by atoms with E-state index in [9.17, 15) is 9.59 Å². The van der Waals surface area contributed by atoms with Crippen molar-refractivity contribution >= 4 is 11.9 Å². The molecular weight excluding hydrogens is 248 g/mol. The van der Waals surface area contributed by atoms with Crippen LogP contribution >= 0.6 is 0 Å². The van der Waals surface area contributed by atoms with Crippen LogP contribution in [0.4, 0.5) is 0 Å². The first-order valence-corrected chi connectivity index (χ1v) is 6.85. The normalized spacial score (nSPS) is 20.0. The van der Waals surface area contributed by atoms with E-state index in [0.717, 1.165) is 13.0 Å². The number of hydrogen-bond acceptors (Lipinski definition) is 5. The first-order valence-electron chi connectivity index (χ1n) is 6.85. The summed E-state index contributed by atoms with van der Waals surface area (Å²) in [5, 5.41) is 2.89. The topological polar surface area (TPSA) is 67.9 Å². The number of carbonyl (C=O) groups excluding carboxylic acids is 2. The van der Waals surface area contributed by atoms with E-state index in [4.69, 9.17) is 4.74 Å². The fraction of sp³-hybridized carbons (Fsp3) is 0.846. The van der Waals surface area contributed by atoms with E-state index in [-0.39, 0.29) is 17.9 Å². The average molecular weight is 272 g/mol. The molecule has 19 heavy (non-hydrogen) atoms. The molecule has 1 aliphatic rings. The third-order valence-electron chi connectivity index (χ3n) is 3.15. The highest BCUT2D eigenvalue weighted by atomic mass is 16.5. The minimum atomic E-state index is -0.238. The number of carbonyl (C=O) groups is 2. The zero-order valence-electron chi connectivity index (χ0n) is 11.8. The molecular formula is C13H24N2O4. The maximum atomic E-state index is 12.0. The minimum absolute atomic E-state index is 0.0135. The molecule has 1 fully saturated rings. The monoisotopic (exact) mass is 272 g/mol. The molecule has 0 aromatic heterocycles. The number of morpholine rings is 1. The van der Waals surface area contributed by atoms with E-state index in [1.165, 1.54) is 7.11 Å². The summed E-state index contributed by atoms with van der Waals surface area (Å²) in [5.74, 6) is -0.195. The number of nitrogens with one attached hydrogen (secondary N) is 1. The quantitative estimate of drug-likeness (QED) is 0.669. The molecule has 1 unspecified atom stereocenters. The maximum absolute atomic E-state index is 12.0. The van der Waals surface area contributed by atoms with Gasteiger partial charge in [0.2, 0.25) is 5.91 Å². The Labute approximate surface area is 114 Å².